The molecule has 3 N–H and O–H groups in total. The van der Waals surface area contributed by atoms with Crippen LogP contribution in [0.25, 0.3) is 0 Å². The molecule has 570 valence electrons. The summed E-state index contributed by atoms with van der Waals surface area (Å²) >= 11 is 0. The van der Waals surface area contributed by atoms with Gasteiger partial charge in [0.2, 0.25) is 0 Å². The van der Waals surface area contributed by atoms with Gasteiger partial charge in [0, 0.05) is 25.7 Å². The molecule has 0 radical (unpaired) electrons. The predicted molar refractivity (Wildman–Crippen MR) is 408 cm³/mol. The van der Waals surface area contributed by atoms with Crippen LogP contribution in [0, 0.1) is 0 Å². The number of hydrogen-bond acceptors (Lipinski definition) is 15. The number of phosphoric acid groups is 2. The summed E-state index contributed by atoms with van der Waals surface area (Å²) in [6.45, 7) is 4.45. The maximum absolute atomic E-state index is 13.1. The zero-order valence-corrected chi connectivity index (χ0v) is 63.9. The number of hydrogen-bond donors (Lipinski definition) is 3. The first kappa shape index (κ1) is 94.9. The van der Waals surface area contributed by atoms with E-state index in [2.05, 4.69) is 155 Å². The summed E-state index contributed by atoms with van der Waals surface area (Å²) in [5.74, 6) is -2.33. The largest absolute Gasteiger partial charge is 0.472 e. The summed E-state index contributed by atoms with van der Waals surface area (Å²) in [4.78, 5) is 72.8. The van der Waals surface area contributed by atoms with Crippen molar-refractivity contribution in [3.05, 3.63) is 146 Å². The van der Waals surface area contributed by atoms with Gasteiger partial charge in [0.05, 0.1) is 26.4 Å². The molecular weight excluding hydrogens is 1310 g/mol. The van der Waals surface area contributed by atoms with Gasteiger partial charge in [-0.15, -0.1) is 0 Å². The monoisotopic (exact) mass is 1440 g/mol. The Morgan fingerprint density at radius 3 is 0.900 bits per heavy atom. The fraction of sp³-hybridized carbons (Fsp3) is 0.654. The molecule has 0 aliphatic rings. The molecule has 0 spiro atoms. The highest BCUT2D eigenvalue weighted by Gasteiger charge is 2.30. The highest BCUT2D eigenvalue weighted by molar-refractivity contribution is 7.47. The number of allylic oxidation sites excluding steroid dienone is 24. The molecule has 0 aromatic heterocycles. The third-order valence-electron chi connectivity index (χ3n) is 15.2. The Kier molecular flexibility index (Phi) is 68.6. The van der Waals surface area contributed by atoms with Crippen LogP contribution in [0.2, 0.25) is 0 Å². The van der Waals surface area contributed by atoms with Gasteiger partial charge >= 0.3 is 39.5 Å². The highest BCUT2D eigenvalue weighted by atomic mass is 31.2. The zero-order chi connectivity index (χ0) is 73.2. The quantitative estimate of drug-likeness (QED) is 0.0169. The second-order valence-corrected chi connectivity index (χ2v) is 27.8. The molecule has 0 amide bonds. The molecule has 5 atom stereocenters. The van der Waals surface area contributed by atoms with Crippen LogP contribution in [0.15, 0.2) is 146 Å². The van der Waals surface area contributed by atoms with Crippen LogP contribution in [0.1, 0.15) is 285 Å². The lowest BCUT2D eigenvalue weighted by Crippen LogP contribution is -2.30. The maximum Gasteiger partial charge on any atom is 0.472 e. The molecule has 19 heteroatoms. The molecule has 0 bridgehead atoms. The summed E-state index contributed by atoms with van der Waals surface area (Å²) in [7, 11) is -9.99. The normalized spacial score (nSPS) is 14.8. The average Bonchev–Trinajstić information content (AvgIpc) is 0.935. The summed E-state index contributed by atoms with van der Waals surface area (Å²) in [6, 6.07) is 0. The average molecular weight is 1440 g/mol. The van der Waals surface area contributed by atoms with E-state index in [1.807, 2.05) is 18.2 Å². The summed E-state index contributed by atoms with van der Waals surface area (Å²) in [6.07, 6.45) is 81.4. The number of unbranched alkanes of at least 4 members (excludes halogenated alkanes) is 20. The van der Waals surface area contributed by atoms with Crippen molar-refractivity contribution in [3.63, 3.8) is 0 Å². The van der Waals surface area contributed by atoms with Gasteiger partial charge in [0.25, 0.3) is 0 Å². The Bertz CT molecular complexity index is 2470. The van der Waals surface area contributed by atoms with Gasteiger partial charge in [0.1, 0.15) is 19.3 Å². The fourth-order valence-corrected chi connectivity index (χ4v) is 11.0. The molecule has 0 heterocycles. The second-order valence-electron chi connectivity index (χ2n) is 24.8. The van der Waals surface area contributed by atoms with E-state index in [4.69, 9.17) is 37.0 Å². The molecular formula is C81H134O17P2. The standard InChI is InChI=1S/C81H134O17P2/c1-5-9-13-17-21-25-29-33-35-36-37-38-40-44-46-50-54-58-62-66-79(84)92-72-77(98-81(86)68-64-60-56-52-48-42-32-28-24-20-16-12-8-4)74-96-100(89,90)94-70-75(82)69-93-99(87,88)95-73-76(97-80(85)67-63-59-55-51-47-41-31-27-23-19-15-11-7-3)71-91-78(83)65-61-57-53-49-45-43-39-34-30-26-22-18-14-10-6-2/h9,13,15-16,19-22,25-28,31-35,37-39,44,46,54,58,75-77,82H,5-8,10-12,14,17-18,23-24,29-30,36,40-43,45,47-53,55-57,59-74H2,1-4H3,(H,87,88)(H,89,90)/b13-9-,19-15-,20-16-,25-21-,26-22-,31-27-,32-28-,35-33-,38-37-,39-34-,46-44-,58-54-. The van der Waals surface area contributed by atoms with Gasteiger partial charge in [0.15, 0.2) is 12.2 Å². The third kappa shape index (κ3) is 71.3. The molecule has 0 aliphatic heterocycles. The minimum Gasteiger partial charge on any atom is -0.462 e. The maximum atomic E-state index is 13.1. The first-order valence-electron chi connectivity index (χ1n) is 38.1. The Balaban J connectivity index is 5.43. The van der Waals surface area contributed by atoms with Gasteiger partial charge in [-0.05, 0) is 148 Å². The Morgan fingerprint density at radius 2 is 0.560 bits per heavy atom. The van der Waals surface area contributed by atoms with Crippen molar-refractivity contribution in [2.75, 3.05) is 39.6 Å². The van der Waals surface area contributed by atoms with Crippen molar-refractivity contribution in [1.82, 2.24) is 0 Å². The number of carbonyl (C=O) groups excluding carboxylic acids is 4. The van der Waals surface area contributed by atoms with Crippen LogP contribution in [0.3, 0.4) is 0 Å². The molecule has 5 unspecified atom stereocenters. The van der Waals surface area contributed by atoms with Gasteiger partial charge in [-0.3, -0.25) is 37.3 Å². The van der Waals surface area contributed by atoms with E-state index in [0.717, 1.165) is 180 Å². The molecule has 0 aromatic rings. The molecule has 0 saturated heterocycles. The van der Waals surface area contributed by atoms with E-state index in [-0.39, 0.29) is 25.7 Å². The Hall–Kier alpha value is -5.06. The molecule has 100 heavy (non-hydrogen) atoms. The van der Waals surface area contributed by atoms with Crippen LogP contribution < -0.4 is 0 Å². The van der Waals surface area contributed by atoms with Crippen molar-refractivity contribution in [1.29, 1.82) is 0 Å². The van der Waals surface area contributed by atoms with Gasteiger partial charge in [-0.2, -0.15) is 0 Å². The van der Waals surface area contributed by atoms with Crippen molar-refractivity contribution >= 4 is 39.5 Å². The van der Waals surface area contributed by atoms with Crippen LogP contribution in [-0.2, 0) is 65.4 Å². The van der Waals surface area contributed by atoms with Crippen molar-refractivity contribution in [3.8, 4) is 0 Å². The second kappa shape index (κ2) is 72.3. The number of ether oxygens (including phenoxy) is 4. The summed E-state index contributed by atoms with van der Waals surface area (Å²) in [5, 5.41) is 10.6. The number of aliphatic hydroxyl groups is 1. The number of carbonyl (C=O) groups is 4. The van der Waals surface area contributed by atoms with Gasteiger partial charge in [-0.1, -0.05) is 257 Å². The van der Waals surface area contributed by atoms with Crippen LogP contribution in [0.4, 0.5) is 0 Å². The lowest BCUT2D eigenvalue weighted by Gasteiger charge is -2.21. The molecule has 0 aliphatic carbocycles. The highest BCUT2D eigenvalue weighted by Crippen LogP contribution is 2.45. The Labute approximate surface area is 605 Å². The van der Waals surface area contributed by atoms with E-state index in [1.54, 1.807) is 0 Å². The van der Waals surface area contributed by atoms with E-state index in [1.165, 1.54) is 19.3 Å². The minimum absolute atomic E-state index is 0.0286. The molecule has 0 aromatic carbocycles. The predicted octanol–water partition coefficient (Wildman–Crippen LogP) is 21.9. The minimum atomic E-state index is -5.00. The fourth-order valence-electron chi connectivity index (χ4n) is 9.47. The lowest BCUT2D eigenvalue weighted by molar-refractivity contribution is -0.161. The molecule has 17 nitrogen and oxygen atoms in total. The number of esters is 4. The Morgan fingerprint density at radius 1 is 0.290 bits per heavy atom. The van der Waals surface area contributed by atoms with Crippen LogP contribution in [0.5, 0.6) is 0 Å². The number of phosphoric ester groups is 2. The van der Waals surface area contributed by atoms with Crippen molar-refractivity contribution in [2.24, 2.45) is 0 Å². The van der Waals surface area contributed by atoms with E-state index in [9.17, 15) is 43.2 Å². The van der Waals surface area contributed by atoms with Gasteiger partial charge < -0.3 is 33.8 Å². The topological polar surface area (TPSA) is 237 Å². The number of rotatable bonds is 70. The zero-order valence-electron chi connectivity index (χ0n) is 62.1. The molecule has 0 fully saturated rings. The third-order valence-corrected chi connectivity index (χ3v) is 17.1. The summed E-state index contributed by atoms with van der Waals surface area (Å²) in [5.41, 5.74) is 0. The van der Waals surface area contributed by atoms with E-state index in [0.29, 0.717) is 32.1 Å². The first-order chi connectivity index (χ1) is 48.7. The SMILES string of the molecule is CC/C=C\C/C=C\C/C=C\C/C=C\C/C=C\C/C=C\CCC(=O)OCC(COP(=O)(O)OCC(O)COP(=O)(O)OCC(COC(=O)CCCCCCC/C=C\C/C=C\CCCCC)OC(=O)CCCCCCC/C=C\C/C=C\CCC)OC(=O)CCCCCCC/C=C\C/C=C\CCC. The van der Waals surface area contributed by atoms with Gasteiger partial charge in [-0.25, -0.2) is 9.13 Å². The number of aliphatic hydroxyl groups excluding tert-OH is 1. The first-order valence-corrected chi connectivity index (χ1v) is 41.1. The lowest BCUT2D eigenvalue weighted by atomic mass is 10.1. The van der Waals surface area contributed by atoms with E-state index < -0.39 is 97.5 Å². The summed E-state index contributed by atoms with van der Waals surface area (Å²) < 4.78 is 68.3. The van der Waals surface area contributed by atoms with Crippen LogP contribution in [-0.4, -0.2) is 96.7 Å². The van der Waals surface area contributed by atoms with Crippen LogP contribution >= 0.6 is 15.6 Å². The van der Waals surface area contributed by atoms with Crippen molar-refractivity contribution < 1.29 is 80.2 Å². The molecule has 0 saturated carbocycles. The molecule has 0 rings (SSSR count). The van der Waals surface area contributed by atoms with E-state index >= 15 is 0 Å². The van der Waals surface area contributed by atoms with Crippen molar-refractivity contribution in [2.45, 2.75) is 303 Å². The smallest absolute Gasteiger partial charge is 0.462 e.